The van der Waals surface area contributed by atoms with Gasteiger partial charge in [-0.15, -0.1) is 0 Å². The van der Waals surface area contributed by atoms with E-state index in [1.807, 2.05) is 56.9 Å². The number of fused-ring (bicyclic) bond motifs is 1. The SMILES string of the molecule is CCN(C)C(=O)c1ccc(COc2ccc3c(c2)C(c2cccc(F)c2)N(C(=O)C(C)(C)C)CC3)o1. The van der Waals surface area contributed by atoms with Crippen LogP contribution in [0.4, 0.5) is 4.39 Å². The molecule has 7 heteroatoms. The lowest BCUT2D eigenvalue weighted by Gasteiger charge is -2.41. The Hall–Kier alpha value is -3.61. The van der Waals surface area contributed by atoms with Gasteiger partial charge in [0.1, 0.15) is 23.9 Å². The lowest BCUT2D eigenvalue weighted by molar-refractivity contribution is -0.141. The van der Waals surface area contributed by atoms with Crippen LogP contribution in [0.3, 0.4) is 0 Å². The maximum Gasteiger partial charge on any atom is 0.289 e. The minimum Gasteiger partial charge on any atom is -0.486 e. The van der Waals surface area contributed by atoms with Gasteiger partial charge in [-0.3, -0.25) is 9.59 Å². The van der Waals surface area contributed by atoms with E-state index >= 15 is 0 Å². The Bertz CT molecular complexity index is 1260. The van der Waals surface area contributed by atoms with Crippen molar-refractivity contribution < 1.29 is 23.1 Å². The number of halogens is 1. The summed E-state index contributed by atoms with van der Waals surface area (Å²) < 4.78 is 25.9. The highest BCUT2D eigenvalue weighted by Gasteiger charge is 2.37. The molecule has 0 aliphatic carbocycles. The standard InChI is InChI=1S/C29H33FN2O4/c1-6-31(5)27(33)25-13-12-23(36-25)18-35-22-11-10-19-14-15-32(28(34)29(2,3)4)26(24(19)17-22)20-8-7-9-21(30)16-20/h7-13,16-17,26H,6,14-15,18H2,1-5H3. The van der Waals surface area contributed by atoms with Crippen LogP contribution in [0.1, 0.15) is 66.7 Å². The van der Waals surface area contributed by atoms with Gasteiger partial charge in [0.05, 0.1) is 6.04 Å². The van der Waals surface area contributed by atoms with Gasteiger partial charge in [-0.25, -0.2) is 4.39 Å². The summed E-state index contributed by atoms with van der Waals surface area (Å²) in [4.78, 5) is 29.1. The number of carbonyl (C=O) groups is 2. The molecule has 0 saturated heterocycles. The van der Waals surface area contributed by atoms with Crippen LogP contribution in [-0.4, -0.2) is 41.8 Å². The zero-order valence-electron chi connectivity index (χ0n) is 21.5. The fourth-order valence-corrected chi connectivity index (χ4v) is 4.43. The molecule has 4 rings (SSSR count). The lowest BCUT2D eigenvalue weighted by Crippen LogP contribution is -2.45. The zero-order chi connectivity index (χ0) is 26.0. The smallest absolute Gasteiger partial charge is 0.289 e. The molecule has 0 fully saturated rings. The molecule has 0 spiro atoms. The van der Waals surface area contributed by atoms with E-state index in [0.717, 1.165) is 16.7 Å². The predicted molar refractivity (Wildman–Crippen MR) is 135 cm³/mol. The second kappa shape index (κ2) is 10.2. The second-order valence-corrected chi connectivity index (χ2v) is 10.2. The average Bonchev–Trinajstić information content (AvgIpc) is 3.33. The van der Waals surface area contributed by atoms with E-state index in [4.69, 9.17) is 9.15 Å². The van der Waals surface area contributed by atoms with Crippen LogP contribution in [0.15, 0.2) is 59.0 Å². The van der Waals surface area contributed by atoms with E-state index in [1.165, 1.54) is 12.1 Å². The zero-order valence-corrected chi connectivity index (χ0v) is 21.5. The van der Waals surface area contributed by atoms with Crippen LogP contribution >= 0.6 is 0 Å². The van der Waals surface area contributed by atoms with Crippen LogP contribution in [0.2, 0.25) is 0 Å². The number of nitrogens with zero attached hydrogens (tertiary/aromatic N) is 2. The Morgan fingerprint density at radius 2 is 1.92 bits per heavy atom. The highest BCUT2D eigenvalue weighted by atomic mass is 19.1. The molecular formula is C29H33FN2O4. The van der Waals surface area contributed by atoms with E-state index in [-0.39, 0.29) is 30.0 Å². The van der Waals surface area contributed by atoms with Gasteiger partial charge in [0, 0.05) is 25.6 Å². The fourth-order valence-electron chi connectivity index (χ4n) is 4.43. The first-order valence-electron chi connectivity index (χ1n) is 12.2. The number of ether oxygens (including phenoxy) is 1. The predicted octanol–water partition coefficient (Wildman–Crippen LogP) is 5.61. The van der Waals surface area contributed by atoms with Crippen molar-refractivity contribution in [2.75, 3.05) is 20.1 Å². The molecule has 3 aromatic rings. The maximum atomic E-state index is 14.2. The van der Waals surface area contributed by atoms with Gasteiger partial charge in [-0.1, -0.05) is 39.0 Å². The van der Waals surface area contributed by atoms with Gasteiger partial charge in [-0.2, -0.15) is 0 Å². The van der Waals surface area contributed by atoms with Crippen molar-refractivity contribution in [3.8, 4) is 5.75 Å². The van der Waals surface area contributed by atoms with Crippen LogP contribution in [0.25, 0.3) is 0 Å². The molecule has 0 saturated carbocycles. The fraction of sp³-hybridized carbons (Fsp3) is 0.379. The molecule has 6 nitrogen and oxygen atoms in total. The van der Waals surface area contributed by atoms with E-state index in [9.17, 15) is 14.0 Å². The third kappa shape index (κ3) is 5.30. The molecule has 1 atom stereocenters. The van der Waals surface area contributed by atoms with Crippen LogP contribution in [0.5, 0.6) is 5.75 Å². The molecule has 36 heavy (non-hydrogen) atoms. The average molecular weight is 493 g/mol. The number of amides is 2. The van der Waals surface area contributed by atoms with Gasteiger partial charge in [0.15, 0.2) is 5.76 Å². The summed E-state index contributed by atoms with van der Waals surface area (Å²) in [5, 5.41) is 0. The van der Waals surface area contributed by atoms with Gasteiger partial charge >= 0.3 is 0 Å². The highest BCUT2D eigenvalue weighted by Crippen LogP contribution is 2.39. The van der Waals surface area contributed by atoms with Crippen molar-refractivity contribution >= 4 is 11.8 Å². The van der Waals surface area contributed by atoms with Crippen LogP contribution < -0.4 is 4.74 Å². The number of hydrogen-bond donors (Lipinski definition) is 0. The van der Waals surface area contributed by atoms with Gasteiger partial charge in [0.25, 0.3) is 5.91 Å². The third-order valence-electron chi connectivity index (χ3n) is 6.49. The van der Waals surface area contributed by atoms with E-state index in [2.05, 4.69) is 0 Å². The number of rotatable bonds is 6. The maximum absolute atomic E-state index is 14.2. The number of carbonyl (C=O) groups excluding carboxylic acids is 2. The first-order valence-corrected chi connectivity index (χ1v) is 12.2. The van der Waals surface area contributed by atoms with Crippen molar-refractivity contribution in [2.24, 2.45) is 5.41 Å². The summed E-state index contributed by atoms with van der Waals surface area (Å²) in [6.45, 7) is 8.88. The third-order valence-corrected chi connectivity index (χ3v) is 6.49. The van der Waals surface area contributed by atoms with Crippen molar-refractivity contribution in [3.05, 3.63) is 88.6 Å². The number of furan rings is 1. The summed E-state index contributed by atoms with van der Waals surface area (Å²) in [7, 11) is 1.72. The molecule has 190 valence electrons. The van der Waals surface area contributed by atoms with Crippen LogP contribution in [-0.2, 0) is 17.8 Å². The molecule has 1 unspecified atom stereocenters. The summed E-state index contributed by atoms with van der Waals surface area (Å²) in [5.41, 5.74) is 2.17. The molecule has 1 aromatic heterocycles. The minimum absolute atomic E-state index is 0.0126. The first kappa shape index (κ1) is 25.5. The first-order chi connectivity index (χ1) is 17.1. The Labute approximate surface area is 211 Å². The normalized spacial score (nSPS) is 15.4. The Balaban J connectivity index is 1.62. The quantitative estimate of drug-likeness (QED) is 0.449. The van der Waals surface area contributed by atoms with Gasteiger partial charge in [0.2, 0.25) is 5.91 Å². The Morgan fingerprint density at radius 1 is 1.14 bits per heavy atom. The molecular weight excluding hydrogens is 459 g/mol. The number of benzene rings is 2. The number of hydrogen-bond acceptors (Lipinski definition) is 4. The molecule has 2 amide bonds. The Morgan fingerprint density at radius 3 is 2.61 bits per heavy atom. The summed E-state index contributed by atoms with van der Waals surface area (Å²) in [6, 6.07) is 15.2. The van der Waals surface area contributed by atoms with Crippen LogP contribution in [0, 0.1) is 11.2 Å². The Kier molecular flexibility index (Phi) is 7.20. The van der Waals surface area contributed by atoms with E-state index in [1.54, 1.807) is 30.1 Å². The molecule has 0 radical (unpaired) electrons. The van der Waals surface area contributed by atoms with E-state index < -0.39 is 11.5 Å². The molecule has 0 N–H and O–H groups in total. The van der Waals surface area contributed by atoms with E-state index in [0.29, 0.717) is 31.0 Å². The largest absolute Gasteiger partial charge is 0.486 e. The summed E-state index contributed by atoms with van der Waals surface area (Å²) in [6.07, 6.45) is 0.706. The summed E-state index contributed by atoms with van der Waals surface area (Å²) in [5.74, 6) is 0.901. The van der Waals surface area contributed by atoms with Gasteiger partial charge < -0.3 is 19.0 Å². The van der Waals surface area contributed by atoms with Gasteiger partial charge in [-0.05, 0) is 66.4 Å². The molecule has 0 bridgehead atoms. The van der Waals surface area contributed by atoms with Crippen molar-refractivity contribution in [1.82, 2.24) is 9.80 Å². The topological polar surface area (TPSA) is 63.0 Å². The summed E-state index contributed by atoms with van der Waals surface area (Å²) >= 11 is 0. The molecule has 1 aliphatic rings. The monoisotopic (exact) mass is 492 g/mol. The molecule has 2 aromatic carbocycles. The van der Waals surface area contributed by atoms with Crippen molar-refractivity contribution in [1.29, 1.82) is 0 Å². The molecule has 2 heterocycles. The van der Waals surface area contributed by atoms with Crippen molar-refractivity contribution in [2.45, 2.75) is 46.8 Å². The highest BCUT2D eigenvalue weighted by molar-refractivity contribution is 5.91. The molecule has 1 aliphatic heterocycles. The second-order valence-electron chi connectivity index (χ2n) is 10.2. The van der Waals surface area contributed by atoms with Crippen molar-refractivity contribution in [3.63, 3.8) is 0 Å². The minimum atomic E-state index is -0.572. The lowest BCUT2D eigenvalue weighted by atomic mass is 9.85.